The normalized spacial score (nSPS) is 15.2. The first-order valence-electron chi connectivity index (χ1n) is 9.34. The van der Waals surface area contributed by atoms with Gasteiger partial charge in [-0.05, 0) is 48.4 Å². The van der Waals surface area contributed by atoms with Crippen LogP contribution in [0.1, 0.15) is 34.8 Å². The molecule has 1 amide bonds. The Morgan fingerprint density at radius 1 is 1.00 bits per heavy atom. The number of nitriles is 1. The molecule has 0 aromatic heterocycles. The Morgan fingerprint density at radius 2 is 1.61 bits per heavy atom. The molecule has 6 nitrogen and oxygen atoms in total. The molecule has 28 heavy (non-hydrogen) atoms. The maximum atomic E-state index is 12.9. The number of carbonyl (C=O) groups excluding carboxylic acids is 1. The monoisotopic (exact) mass is 397 g/mol. The molecule has 0 radical (unpaired) electrons. The van der Waals surface area contributed by atoms with E-state index in [4.69, 9.17) is 5.26 Å². The van der Waals surface area contributed by atoms with Crippen LogP contribution in [0.2, 0.25) is 0 Å². The second-order valence-corrected chi connectivity index (χ2v) is 8.72. The number of amides is 1. The van der Waals surface area contributed by atoms with Crippen molar-refractivity contribution in [1.29, 1.82) is 5.26 Å². The van der Waals surface area contributed by atoms with E-state index in [1.54, 1.807) is 41.3 Å². The van der Waals surface area contributed by atoms with Crippen LogP contribution in [-0.2, 0) is 16.4 Å². The Labute approximate surface area is 166 Å². The number of aryl methyl sites for hydroxylation is 1. The molecule has 1 saturated heterocycles. The van der Waals surface area contributed by atoms with Crippen molar-refractivity contribution in [1.82, 2.24) is 9.21 Å². The molecule has 1 fully saturated rings. The van der Waals surface area contributed by atoms with Gasteiger partial charge in [0.05, 0.1) is 16.5 Å². The van der Waals surface area contributed by atoms with Crippen molar-refractivity contribution < 1.29 is 13.2 Å². The molecule has 0 bridgehead atoms. The molecular weight excluding hydrogens is 374 g/mol. The van der Waals surface area contributed by atoms with Gasteiger partial charge in [0.15, 0.2) is 0 Å². The maximum absolute atomic E-state index is 12.9. The predicted octanol–water partition coefficient (Wildman–Crippen LogP) is 2.66. The first-order chi connectivity index (χ1) is 13.5. The summed E-state index contributed by atoms with van der Waals surface area (Å²) in [5, 5.41) is 8.85. The summed E-state index contributed by atoms with van der Waals surface area (Å²) in [4.78, 5) is 14.5. The highest BCUT2D eigenvalue weighted by Crippen LogP contribution is 2.19. The molecule has 1 heterocycles. The van der Waals surface area contributed by atoms with E-state index in [1.165, 1.54) is 4.31 Å². The fourth-order valence-electron chi connectivity index (χ4n) is 3.27. The van der Waals surface area contributed by atoms with Crippen LogP contribution in [0.25, 0.3) is 0 Å². The van der Waals surface area contributed by atoms with Gasteiger partial charge in [0, 0.05) is 31.7 Å². The summed E-state index contributed by atoms with van der Waals surface area (Å²) in [6.45, 7) is 3.30. The van der Waals surface area contributed by atoms with E-state index in [1.807, 2.05) is 18.2 Å². The second-order valence-electron chi connectivity index (χ2n) is 6.78. The molecule has 0 atom stereocenters. The largest absolute Gasteiger partial charge is 0.336 e. The fraction of sp³-hybridized carbons (Fsp3) is 0.333. The summed E-state index contributed by atoms with van der Waals surface area (Å²) in [5.74, 6) is -0.148. The fourth-order valence-corrected chi connectivity index (χ4v) is 4.69. The van der Waals surface area contributed by atoms with Crippen molar-refractivity contribution in [2.45, 2.75) is 24.7 Å². The van der Waals surface area contributed by atoms with Crippen molar-refractivity contribution >= 4 is 15.9 Å². The maximum Gasteiger partial charge on any atom is 0.253 e. The van der Waals surface area contributed by atoms with Crippen LogP contribution >= 0.6 is 0 Å². The van der Waals surface area contributed by atoms with Crippen LogP contribution in [0.3, 0.4) is 0 Å². The van der Waals surface area contributed by atoms with Crippen LogP contribution in [-0.4, -0.2) is 49.7 Å². The topological polar surface area (TPSA) is 81.5 Å². The highest BCUT2D eigenvalue weighted by atomic mass is 32.2. The molecule has 2 aromatic carbocycles. The van der Waals surface area contributed by atoms with Crippen molar-refractivity contribution in [3.05, 3.63) is 65.2 Å². The molecule has 1 aliphatic heterocycles. The van der Waals surface area contributed by atoms with Crippen molar-refractivity contribution in [3.63, 3.8) is 0 Å². The number of carbonyl (C=O) groups is 1. The van der Waals surface area contributed by atoms with Gasteiger partial charge in [-0.15, -0.1) is 0 Å². The number of sulfonamides is 1. The molecule has 0 saturated carbocycles. The van der Waals surface area contributed by atoms with Crippen LogP contribution in [0.4, 0.5) is 0 Å². The molecule has 146 valence electrons. The van der Waals surface area contributed by atoms with Gasteiger partial charge < -0.3 is 4.90 Å². The third-order valence-electron chi connectivity index (χ3n) is 4.89. The van der Waals surface area contributed by atoms with Crippen molar-refractivity contribution in [3.8, 4) is 6.07 Å². The Morgan fingerprint density at radius 3 is 2.14 bits per heavy atom. The van der Waals surface area contributed by atoms with Crippen LogP contribution in [0.15, 0.2) is 53.4 Å². The number of piperazine rings is 1. The van der Waals surface area contributed by atoms with Gasteiger partial charge in [-0.2, -0.15) is 9.57 Å². The summed E-state index contributed by atoms with van der Waals surface area (Å²) in [7, 11) is -3.56. The zero-order chi connectivity index (χ0) is 20.1. The lowest BCUT2D eigenvalue weighted by Crippen LogP contribution is -2.50. The van der Waals surface area contributed by atoms with Gasteiger partial charge >= 0.3 is 0 Å². The summed E-state index contributed by atoms with van der Waals surface area (Å²) in [6.07, 6.45) is 1.94. The number of rotatable bonds is 5. The number of hydrogen-bond donors (Lipinski definition) is 0. The summed E-state index contributed by atoms with van der Waals surface area (Å²) in [6, 6.07) is 15.5. The number of hydrogen-bond acceptors (Lipinski definition) is 4. The van der Waals surface area contributed by atoms with Gasteiger partial charge in [-0.25, -0.2) is 8.42 Å². The molecular formula is C21H23N3O3S. The highest BCUT2D eigenvalue weighted by Gasteiger charge is 2.30. The Balaban J connectivity index is 1.65. The van der Waals surface area contributed by atoms with E-state index >= 15 is 0 Å². The number of nitrogens with zero attached hydrogens (tertiary/aromatic N) is 3. The van der Waals surface area contributed by atoms with E-state index in [2.05, 4.69) is 6.92 Å². The first-order valence-corrected chi connectivity index (χ1v) is 10.8. The van der Waals surface area contributed by atoms with Gasteiger partial charge in [-0.3, -0.25) is 4.79 Å². The van der Waals surface area contributed by atoms with E-state index in [0.29, 0.717) is 29.1 Å². The summed E-state index contributed by atoms with van der Waals surface area (Å²) >= 11 is 0. The lowest BCUT2D eigenvalue weighted by molar-refractivity contribution is 0.0698. The lowest BCUT2D eigenvalue weighted by atomic mass is 10.1. The van der Waals surface area contributed by atoms with Gasteiger partial charge in [0.2, 0.25) is 10.0 Å². The minimum absolute atomic E-state index is 0.148. The Hall–Kier alpha value is -2.69. The highest BCUT2D eigenvalue weighted by molar-refractivity contribution is 7.89. The van der Waals surface area contributed by atoms with Gasteiger partial charge in [0.1, 0.15) is 0 Å². The van der Waals surface area contributed by atoms with E-state index < -0.39 is 10.0 Å². The summed E-state index contributed by atoms with van der Waals surface area (Å²) < 4.78 is 27.2. The predicted molar refractivity (Wildman–Crippen MR) is 106 cm³/mol. The first kappa shape index (κ1) is 20.1. The molecule has 7 heteroatoms. The van der Waals surface area contributed by atoms with Crippen LogP contribution in [0, 0.1) is 11.3 Å². The SMILES string of the molecule is CCCc1ccc(S(=O)(=O)N2CCN(C(=O)c3ccc(C#N)cc3)CC2)cc1. The van der Waals surface area contributed by atoms with Gasteiger partial charge in [-0.1, -0.05) is 25.5 Å². The van der Waals surface area contributed by atoms with Gasteiger partial charge in [0.25, 0.3) is 5.91 Å². The molecule has 0 unspecified atom stereocenters. The Bertz CT molecular complexity index is 969. The van der Waals surface area contributed by atoms with E-state index in [-0.39, 0.29) is 19.0 Å². The van der Waals surface area contributed by atoms with E-state index in [0.717, 1.165) is 18.4 Å². The standard InChI is InChI=1S/C21H23N3O3S/c1-2-3-17-6-10-20(11-7-17)28(26,27)24-14-12-23(13-15-24)21(25)19-8-4-18(16-22)5-9-19/h4-11H,2-3,12-15H2,1H3. The van der Waals surface area contributed by atoms with Crippen LogP contribution in [0.5, 0.6) is 0 Å². The van der Waals surface area contributed by atoms with Crippen molar-refractivity contribution in [2.24, 2.45) is 0 Å². The quantitative estimate of drug-likeness (QED) is 0.777. The molecule has 1 aliphatic rings. The smallest absolute Gasteiger partial charge is 0.253 e. The average Bonchev–Trinajstić information content (AvgIpc) is 2.74. The Kier molecular flexibility index (Phi) is 6.12. The molecule has 0 N–H and O–H groups in total. The third kappa shape index (κ3) is 4.24. The average molecular weight is 398 g/mol. The second kappa shape index (κ2) is 8.55. The number of benzene rings is 2. The molecule has 0 aliphatic carbocycles. The lowest BCUT2D eigenvalue weighted by Gasteiger charge is -2.34. The van der Waals surface area contributed by atoms with Crippen molar-refractivity contribution in [2.75, 3.05) is 26.2 Å². The molecule has 2 aromatic rings. The van der Waals surface area contributed by atoms with E-state index in [9.17, 15) is 13.2 Å². The third-order valence-corrected chi connectivity index (χ3v) is 6.80. The summed E-state index contributed by atoms with van der Waals surface area (Å²) in [5.41, 5.74) is 2.12. The minimum atomic E-state index is -3.56. The zero-order valence-electron chi connectivity index (χ0n) is 15.8. The van der Waals surface area contributed by atoms with Crippen LogP contribution < -0.4 is 0 Å². The minimum Gasteiger partial charge on any atom is -0.336 e. The zero-order valence-corrected chi connectivity index (χ0v) is 16.7. The molecule has 3 rings (SSSR count). The molecule has 0 spiro atoms.